The predicted molar refractivity (Wildman–Crippen MR) is 78.2 cm³/mol. The monoisotopic (exact) mass is 258 g/mol. The molecule has 0 spiro atoms. The zero-order valence-corrected chi connectivity index (χ0v) is 11.7. The standard InChI is InChI=1S/C16H22N2O/c1-11-15(13-5-3-4-6-14(13)18-11)16(2,19)12-7-9-17-10-8-12/h3-6,12,17-19H,7-10H2,1-2H3. The molecule has 2 heterocycles. The van der Waals surface area contributed by atoms with Gasteiger partial charge in [0.25, 0.3) is 0 Å². The van der Waals surface area contributed by atoms with Crippen molar-refractivity contribution in [2.24, 2.45) is 5.92 Å². The Labute approximate surface area is 114 Å². The average Bonchev–Trinajstić information content (AvgIpc) is 2.76. The molecule has 0 radical (unpaired) electrons. The maximum absolute atomic E-state index is 11.1. The van der Waals surface area contributed by atoms with Gasteiger partial charge in [-0.3, -0.25) is 0 Å². The molecule has 0 aliphatic carbocycles. The highest BCUT2D eigenvalue weighted by Crippen LogP contribution is 2.40. The number of rotatable bonds is 2. The number of hydrogen-bond donors (Lipinski definition) is 3. The minimum absolute atomic E-state index is 0.326. The number of piperidine rings is 1. The van der Waals surface area contributed by atoms with Gasteiger partial charge in [-0.25, -0.2) is 0 Å². The summed E-state index contributed by atoms with van der Waals surface area (Å²) >= 11 is 0. The van der Waals surface area contributed by atoms with Gasteiger partial charge in [-0.15, -0.1) is 0 Å². The van der Waals surface area contributed by atoms with Crippen LogP contribution in [-0.4, -0.2) is 23.2 Å². The van der Waals surface area contributed by atoms with Crippen LogP contribution in [0.1, 0.15) is 31.0 Å². The third kappa shape index (κ3) is 2.07. The van der Waals surface area contributed by atoms with E-state index in [9.17, 15) is 5.11 Å². The molecule has 0 saturated carbocycles. The van der Waals surface area contributed by atoms with E-state index in [1.165, 1.54) is 0 Å². The Bertz CT molecular complexity index is 579. The summed E-state index contributed by atoms with van der Waals surface area (Å²) in [5.41, 5.74) is 2.52. The molecule has 1 unspecified atom stereocenters. The number of aromatic nitrogens is 1. The molecular formula is C16H22N2O. The van der Waals surface area contributed by atoms with Crippen molar-refractivity contribution in [2.75, 3.05) is 13.1 Å². The smallest absolute Gasteiger partial charge is 0.0920 e. The first-order valence-electron chi connectivity index (χ1n) is 7.11. The van der Waals surface area contributed by atoms with Crippen molar-refractivity contribution >= 4 is 10.9 Å². The Morgan fingerprint density at radius 1 is 1.21 bits per heavy atom. The van der Waals surface area contributed by atoms with Crippen LogP contribution in [0.2, 0.25) is 0 Å². The van der Waals surface area contributed by atoms with Crippen molar-refractivity contribution in [3.8, 4) is 0 Å². The third-order valence-corrected chi connectivity index (χ3v) is 4.53. The molecule has 1 fully saturated rings. The lowest BCUT2D eigenvalue weighted by Gasteiger charge is -2.36. The molecule has 3 N–H and O–H groups in total. The summed E-state index contributed by atoms with van der Waals surface area (Å²) < 4.78 is 0. The molecule has 3 nitrogen and oxygen atoms in total. The summed E-state index contributed by atoms with van der Waals surface area (Å²) in [5, 5.41) is 15.7. The first-order chi connectivity index (χ1) is 9.10. The molecule has 102 valence electrons. The molecule has 0 bridgehead atoms. The molecule has 1 aliphatic heterocycles. The lowest BCUT2D eigenvalue weighted by molar-refractivity contribution is -0.0178. The maximum atomic E-state index is 11.1. The van der Waals surface area contributed by atoms with E-state index in [1.807, 2.05) is 19.1 Å². The number of nitrogens with one attached hydrogen (secondary N) is 2. The van der Waals surface area contributed by atoms with E-state index >= 15 is 0 Å². The fraction of sp³-hybridized carbons (Fsp3) is 0.500. The second-order valence-corrected chi connectivity index (χ2v) is 5.84. The van der Waals surface area contributed by atoms with Gasteiger partial charge in [-0.1, -0.05) is 18.2 Å². The van der Waals surface area contributed by atoms with Crippen LogP contribution in [0.4, 0.5) is 0 Å². The zero-order chi connectivity index (χ0) is 13.5. The van der Waals surface area contributed by atoms with Crippen LogP contribution in [0.15, 0.2) is 24.3 Å². The lowest BCUT2D eigenvalue weighted by Crippen LogP contribution is -2.40. The molecule has 3 heteroatoms. The second kappa shape index (κ2) is 4.66. The number of H-pyrrole nitrogens is 1. The van der Waals surface area contributed by atoms with E-state index in [0.29, 0.717) is 5.92 Å². The van der Waals surface area contributed by atoms with Gasteiger partial charge in [-0.05, 0) is 51.8 Å². The van der Waals surface area contributed by atoms with Gasteiger partial charge in [0.05, 0.1) is 5.60 Å². The summed E-state index contributed by atoms with van der Waals surface area (Å²) in [6, 6.07) is 8.24. The van der Waals surface area contributed by atoms with E-state index in [4.69, 9.17) is 0 Å². The van der Waals surface area contributed by atoms with E-state index in [0.717, 1.165) is 48.1 Å². The van der Waals surface area contributed by atoms with E-state index < -0.39 is 5.60 Å². The normalized spacial score (nSPS) is 20.6. The molecule has 1 aliphatic rings. The number of para-hydroxylation sites is 1. The number of benzene rings is 1. The van der Waals surface area contributed by atoms with Crippen LogP contribution < -0.4 is 5.32 Å². The van der Waals surface area contributed by atoms with Crippen LogP contribution in [0.3, 0.4) is 0 Å². The summed E-state index contributed by atoms with van der Waals surface area (Å²) in [7, 11) is 0. The van der Waals surface area contributed by atoms with Gasteiger partial charge >= 0.3 is 0 Å². The van der Waals surface area contributed by atoms with Gasteiger partial charge in [0, 0.05) is 22.2 Å². The highest BCUT2D eigenvalue weighted by atomic mass is 16.3. The summed E-state index contributed by atoms with van der Waals surface area (Å²) in [5.74, 6) is 0.326. The van der Waals surface area contributed by atoms with Crippen molar-refractivity contribution in [1.29, 1.82) is 0 Å². The van der Waals surface area contributed by atoms with Crippen LogP contribution in [0.25, 0.3) is 10.9 Å². The van der Waals surface area contributed by atoms with Crippen LogP contribution in [-0.2, 0) is 5.60 Å². The molecule has 1 aromatic heterocycles. The molecule has 3 rings (SSSR count). The largest absolute Gasteiger partial charge is 0.385 e. The van der Waals surface area contributed by atoms with E-state index in [2.05, 4.69) is 29.4 Å². The second-order valence-electron chi connectivity index (χ2n) is 5.84. The Kier molecular flexibility index (Phi) is 3.11. The van der Waals surface area contributed by atoms with Crippen molar-refractivity contribution in [2.45, 2.75) is 32.3 Å². The van der Waals surface area contributed by atoms with Gasteiger partial charge in [0.2, 0.25) is 0 Å². The average molecular weight is 258 g/mol. The number of hydrogen-bond acceptors (Lipinski definition) is 2. The topological polar surface area (TPSA) is 48.0 Å². The number of fused-ring (bicyclic) bond motifs is 1. The van der Waals surface area contributed by atoms with E-state index in [1.54, 1.807) is 0 Å². The first kappa shape index (κ1) is 12.7. The summed E-state index contributed by atoms with van der Waals surface area (Å²) in [6.45, 7) is 6.04. The third-order valence-electron chi connectivity index (χ3n) is 4.53. The minimum Gasteiger partial charge on any atom is -0.385 e. The Hall–Kier alpha value is -1.32. The SMILES string of the molecule is Cc1[nH]c2ccccc2c1C(C)(O)C1CCNCC1. The highest BCUT2D eigenvalue weighted by molar-refractivity contribution is 5.85. The first-order valence-corrected chi connectivity index (χ1v) is 7.11. The molecular weight excluding hydrogens is 236 g/mol. The molecule has 19 heavy (non-hydrogen) atoms. The molecule has 1 atom stereocenters. The van der Waals surface area contributed by atoms with Gasteiger partial charge in [-0.2, -0.15) is 0 Å². The van der Waals surface area contributed by atoms with Crippen molar-refractivity contribution < 1.29 is 5.11 Å². The van der Waals surface area contributed by atoms with Crippen LogP contribution >= 0.6 is 0 Å². The Balaban J connectivity index is 2.09. The quantitative estimate of drug-likeness (QED) is 0.775. The van der Waals surface area contributed by atoms with Gasteiger partial charge in [0.15, 0.2) is 0 Å². The Morgan fingerprint density at radius 2 is 1.89 bits per heavy atom. The number of aliphatic hydroxyl groups is 1. The molecule has 2 aromatic rings. The molecule has 0 amide bonds. The summed E-state index contributed by atoms with van der Waals surface area (Å²) in [6.07, 6.45) is 2.07. The van der Waals surface area contributed by atoms with Crippen molar-refractivity contribution in [1.82, 2.24) is 10.3 Å². The molecule has 1 aromatic carbocycles. The minimum atomic E-state index is -0.758. The molecule has 1 saturated heterocycles. The number of aryl methyl sites for hydroxylation is 1. The van der Waals surface area contributed by atoms with Crippen LogP contribution in [0.5, 0.6) is 0 Å². The summed E-state index contributed by atoms with van der Waals surface area (Å²) in [4.78, 5) is 3.40. The van der Waals surface area contributed by atoms with Gasteiger partial charge in [0.1, 0.15) is 0 Å². The predicted octanol–water partition coefficient (Wildman–Crippen LogP) is 2.68. The Morgan fingerprint density at radius 3 is 2.63 bits per heavy atom. The maximum Gasteiger partial charge on any atom is 0.0920 e. The van der Waals surface area contributed by atoms with E-state index in [-0.39, 0.29) is 0 Å². The highest BCUT2D eigenvalue weighted by Gasteiger charge is 2.37. The zero-order valence-electron chi connectivity index (χ0n) is 11.7. The fourth-order valence-corrected chi connectivity index (χ4v) is 3.52. The van der Waals surface area contributed by atoms with Crippen molar-refractivity contribution in [3.63, 3.8) is 0 Å². The fourth-order valence-electron chi connectivity index (χ4n) is 3.52. The lowest BCUT2D eigenvalue weighted by atomic mass is 9.76. The van der Waals surface area contributed by atoms with Gasteiger partial charge < -0.3 is 15.4 Å². The van der Waals surface area contributed by atoms with Crippen molar-refractivity contribution in [3.05, 3.63) is 35.5 Å². The number of aromatic amines is 1. The van der Waals surface area contributed by atoms with Crippen LogP contribution in [0, 0.1) is 12.8 Å².